The van der Waals surface area contributed by atoms with Gasteiger partial charge in [0.25, 0.3) is 0 Å². The van der Waals surface area contributed by atoms with Crippen LogP contribution in [-0.2, 0) is 13.5 Å². The normalized spacial score (nSPS) is 10.6. The van der Waals surface area contributed by atoms with Crippen molar-refractivity contribution in [3.63, 3.8) is 0 Å². The molecule has 0 fully saturated rings. The molecule has 114 valence electrons. The third-order valence-corrected chi connectivity index (χ3v) is 4.22. The Bertz CT molecular complexity index is 733. The molecule has 2 aromatic heterocycles. The summed E-state index contributed by atoms with van der Waals surface area (Å²) in [6, 6.07) is 7.98. The maximum absolute atomic E-state index is 5.17. The maximum Gasteiger partial charge on any atom is 0.118 e. The van der Waals surface area contributed by atoms with Gasteiger partial charge in [0.05, 0.1) is 29.7 Å². The molecular formula is C16H18N4OS. The fraction of sp³-hybridized carbons (Fsp3) is 0.250. The number of aryl methyl sites for hydroxylation is 1. The van der Waals surface area contributed by atoms with Gasteiger partial charge in [0.1, 0.15) is 5.75 Å². The molecule has 0 atom stereocenters. The van der Waals surface area contributed by atoms with Gasteiger partial charge in [-0.2, -0.15) is 5.10 Å². The predicted octanol–water partition coefficient (Wildman–Crippen LogP) is 3.21. The number of rotatable bonds is 6. The maximum atomic E-state index is 5.17. The van der Waals surface area contributed by atoms with Gasteiger partial charge in [-0.15, -0.1) is 11.3 Å². The zero-order chi connectivity index (χ0) is 15.4. The average molecular weight is 314 g/mol. The van der Waals surface area contributed by atoms with Crippen molar-refractivity contribution in [2.75, 3.05) is 19.0 Å². The Hall–Kier alpha value is -2.34. The Labute approximate surface area is 133 Å². The van der Waals surface area contributed by atoms with Crippen LogP contribution in [0.15, 0.2) is 42.0 Å². The van der Waals surface area contributed by atoms with E-state index in [-0.39, 0.29) is 0 Å². The largest absolute Gasteiger partial charge is 0.497 e. The van der Waals surface area contributed by atoms with Crippen LogP contribution in [0.2, 0.25) is 0 Å². The molecule has 5 nitrogen and oxygen atoms in total. The number of nitrogens with zero attached hydrogens (tertiary/aromatic N) is 3. The van der Waals surface area contributed by atoms with E-state index in [1.807, 2.05) is 43.7 Å². The summed E-state index contributed by atoms with van der Waals surface area (Å²) in [5, 5.41) is 10.7. The van der Waals surface area contributed by atoms with E-state index in [4.69, 9.17) is 4.74 Å². The van der Waals surface area contributed by atoms with Gasteiger partial charge in [-0.05, 0) is 24.3 Å². The molecule has 0 aliphatic carbocycles. The van der Waals surface area contributed by atoms with Crippen LogP contribution in [0.25, 0.3) is 11.3 Å². The number of hydrogen-bond donors (Lipinski definition) is 1. The van der Waals surface area contributed by atoms with Crippen molar-refractivity contribution in [2.24, 2.45) is 7.05 Å². The van der Waals surface area contributed by atoms with Crippen molar-refractivity contribution in [3.8, 4) is 17.0 Å². The molecule has 1 N–H and O–H groups in total. The van der Waals surface area contributed by atoms with Crippen molar-refractivity contribution in [2.45, 2.75) is 6.42 Å². The smallest absolute Gasteiger partial charge is 0.118 e. The zero-order valence-electron chi connectivity index (χ0n) is 12.6. The lowest BCUT2D eigenvalue weighted by Crippen LogP contribution is -2.03. The number of nitrogens with one attached hydrogen (secondary N) is 1. The van der Waals surface area contributed by atoms with Gasteiger partial charge < -0.3 is 10.1 Å². The number of ether oxygens (including phenoxy) is 1. The van der Waals surface area contributed by atoms with Gasteiger partial charge in [-0.25, -0.2) is 4.98 Å². The Morgan fingerprint density at radius 2 is 2.09 bits per heavy atom. The van der Waals surface area contributed by atoms with Crippen LogP contribution >= 0.6 is 11.3 Å². The second-order valence-corrected chi connectivity index (χ2v) is 5.88. The summed E-state index contributed by atoms with van der Waals surface area (Å²) >= 11 is 1.69. The first kappa shape index (κ1) is 14.6. The molecule has 0 saturated carbocycles. The Morgan fingerprint density at radius 1 is 1.27 bits per heavy atom. The number of thiazole rings is 1. The van der Waals surface area contributed by atoms with E-state index < -0.39 is 0 Å². The Kier molecular flexibility index (Phi) is 4.39. The molecule has 0 saturated heterocycles. The Balaban J connectivity index is 1.58. The third-order valence-electron chi connectivity index (χ3n) is 3.31. The van der Waals surface area contributed by atoms with Crippen LogP contribution in [0.5, 0.6) is 5.75 Å². The second kappa shape index (κ2) is 6.62. The fourth-order valence-corrected chi connectivity index (χ4v) is 2.95. The highest BCUT2D eigenvalue weighted by molar-refractivity contribution is 7.09. The molecule has 2 heterocycles. The molecule has 0 aliphatic rings. The summed E-state index contributed by atoms with van der Waals surface area (Å²) in [4.78, 5) is 4.69. The molecule has 0 radical (unpaired) electrons. The van der Waals surface area contributed by atoms with Crippen LogP contribution in [0, 0.1) is 0 Å². The first-order valence-corrected chi connectivity index (χ1v) is 7.94. The molecule has 0 amide bonds. The topological polar surface area (TPSA) is 52.0 Å². The first-order chi connectivity index (χ1) is 10.7. The molecule has 6 heteroatoms. The van der Waals surface area contributed by atoms with Gasteiger partial charge in [-0.1, -0.05) is 0 Å². The van der Waals surface area contributed by atoms with Crippen LogP contribution in [0.3, 0.4) is 0 Å². The van der Waals surface area contributed by atoms with Gasteiger partial charge in [0.15, 0.2) is 0 Å². The summed E-state index contributed by atoms with van der Waals surface area (Å²) in [6.07, 6.45) is 4.69. The third kappa shape index (κ3) is 3.46. The van der Waals surface area contributed by atoms with Crippen LogP contribution in [0.1, 0.15) is 5.01 Å². The first-order valence-electron chi connectivity index (χ1n) is 7.06. The number of benzene rings is 1. The molecule has 3 aromatic rings. The molecule has 0 aliphatic heterocycles. The van der Waals surface area contributed by atoms with Gasteiger partial charge in [0, 0.05) is 37.2 Å². The second-order valence-electron chi connectivity index (χ2n) is 4.93. The summed E-state index contributed by atoms with van der Waals surface area (Å²) in [5.41, 5.74) is 3.17. The van der Waals surface area contributed by atoms with E-state index in [1.165, 1.54) is 0 Å². The molecule has 0 spiro atoms. The molecule has 1 aromatic carbocycles. The van der Waals surface area contributed by atoms with E-state index in [1.54, 1.807) is 23.1 Å². The van der Waals surface area contributed by atoms with Crippen LogP contribution in [0.4, 0.5) is 5.69 Å². The monoisotopic (exact) mass is 314 g/mol. The highest BCUT2D eigenvalue weighted by Gasteiger charge is 2.05. The average Bonchev–Trinajstić information content (AvgIpc) is 3.17. The highest BCUT2D eigenvalue weighted by atomic mass is 32.1. The Morgan fingerprint density at radius 3 is 2.77 bits per heavy atom. The number of methoxy groups -OCH3 is 1. The van der Waals surface area contributed by atoms with Crippen molar-refractivity contribution in [3.05, 3.63) is 47.0 Å². The minimum absolute atomic E-state index is 0.848. The number of hydrogen-bond acceptors (Lipinski definition) is 5. The van der Waals surface area contributed by atoms with Crippen molar-refractivity contribution in [1.82, 2.24) is 14.8 Å². The molecule has 22 heavy (non-hydrogen) atoms. The van der Waals surface area contributed by atoms with Crippen molar-refractivity contribution in [1.29, 1.82) is 0 Å². The fourth-order valence-electron chi connectivity index (χ4n) is 2.15. The highest BCUT2D eigenvalue weighted by Crippen LogP contribution is 2.24. The minimum Gasteiger partial charge on any atom is -0.497 e. The quantitative estimate of drug-likeness (QED) is 0.759. The van der Waals surface area contributed by atoms with Crippen LogP contribution < -0.4 is 10.1 Å². The van der Waals surface area contributed by atoms with E-state index in [0.717, 1.165) is 40.7 Å². The van der Waals surface area contributed by atoms with Gasteiger partial charge in [0.2, 0.25) is 0 Å². The molecule has 3 rings (SSSR count). The summed E-state index contributed by atoms with van der Waals surface area (Å²) in [6.45, 7) is 0.848. The van der Waals surface area contributed by atoms with Crippen molar-refractivity contribution < 1.29 is 4.74 Å². The number of anilines is 1. The lowest BCUT2D eigenvalue weighted by atomic mass is 10.2. The van der Waals surface area contributed by atoms with Gasteiger partial charge in [-0.3, -0.25) is 4.68 Å². The standard InChI is InChI=1S/C16H18N4OS/c1-20-10-13(9-18-20)17-8-7-16-19-15(11-22-16)12-3-5-14(21-2)6-4-12/h3-6,9-11,17H,7-8H2,1-2H3. The SMILES string of the molecule is COc1ccc(-c2csc(CCNc3cnn(C)c3)n2)cc1. The number of aromatic nitrogens is 3. The van der Waals surface area contributed by atoms with Gasteiger partial charge >= 0.3 is 0 Å². The molecular weight excluding hydrogens is 296 g/mol. The van der Waals surface area contributed by atoms with Crippen LogP contribution in [-0.4, -0.2) is 28.4 Å². The van der Waals surface area contributed by atoms with E-state index >= 15 is 0 Å². The summed E-state index contributed by atoms with van der Waals surface area (Å²) < 4.78 is 6.96. The predicted molar refractivity (Wildman–Crippen MR) is 89.5 cm³/mol. The van der Waals surface area contributed by atoms with Crippen molar-refractivity contribution >= 4 is 17.0 Å². The van der Waals surface area contributed by atoms with E-state index in [9.17, 15) is 0 Å². The summed E-state index contributed by atoms with van der Waals surface area (Å²) in [5.74, 6) is 0.861. The lowest BCUT2D eigenvalue weighted by Gasteiger charge is -2.01. The minimum atomic E-state index is 0.848. The lowest BCUT2D eigenvalue weighted by molar-refractivity contribution is 0.415. The molecule has 0 bridgehead atoms. The van der Waals surface area contributed by atoms with E-state index in [2.05, 4.69) is 20.8 Å². The zero-order valence-corrected chi connectivity index (χ0v) is 13.4. The molecule has 0 unspecified atom stereocenters. The summed E-state index contributed by atoms with van der Waals surface area (Å²) in [7, 11) is 3.58. The van der Waals surface area contributed by atoms with E-state index in [0.29, 0.717) is 0 Å².